The highest BCUT2D eigenvalue weighted by molar-refractivity contribution is 9.09. The van der Waals surface area contributed by atoms with Gasteiger partial charge in [0.05, 0.1) is 4.83 Å². The van der Waals surface area contributed by atoms with Crippen molar-refractivity contribution in [1.82, 2.24) is 4.98 Å². The molecule has 0 aliphatic heterocycles. The Morgan fingerprint density at radius 1 is 0.857 bits per heavy atom. The standard InChI is InChI=1S/C12H10BrN/c13-12(10-4-2-1-3-5-10)11-6-8-14-9-7-11/h1-9,12H. The van der Waals surface area contributed by atoms with Gasteiger partial charge in [0, 0.05) is 12.4 Å². The average molecular weight is 248 g/mol. The van der Waals surface area contributed by atoms with Crippen LogP contribution in [0.3, 0.4) is 0 Å². The zero-order valence-electron chi connectivity index (χ0n) is 7.60. The third kappa shape index (κ3) is 2.02. The molecule has 70 valence electrons. The Kier molecular flexibility index (Phi) is 2.94. The van der Waals surface area contributed by atoms with Gasteiger partial charge >= 0.3 is 0 Å². The van der Waals surface area contributed by atoms with Crippen LogP contribution in [0.2, 0.25) is 0 Å². The van der Waals surface area contributed by atoms with E-state index in [0.717, 1.165) is 0 Å². The lowest BCUT2D eigenvalue weighted by Gasteiger charge is -2.09. The molecular formula is C12H10BrN. The van der Waals surface area contributed by atoms with Crippen molar-refractivity contribution in [2.75, 3.05) is 0 Å². The van der Waals surface area contributed by atoms with Crippen LogP contribution in [-0.2, 0) is 0 Å². The summed E-state index contributed by atoms with van der Waals surface area (Å²) in [7, 11) is 0. The van der Waals surface area contributed by atoms with Gasteiger partial charge in [-0.05, 0) is 23.3 Å². The molecule has 1 unspecified atom stereocenters. The highest BCUT2D eigenvalue weighted by Gasteiger charge is 2.08. The Morgan fingerprint density at radius 2 is 1.43 bits per heavy atom. The summed E-state index contributed by atoms with van der Waals surface area (Å²) in [5.74, 6) is 0. The number of aromatic nitrogens is 1. The maximum Gasteiger partial charge on any atom is 0.0645 e. The van der Waals surface area contributed by atoms with Gasteiger partial charge in [-0.15, -0.1) is 0 Å². The van der Waals surface area contributed by atoms with Crippen LogP contribution in [0.4, 0.5) is 0 Å². The van der Waals surface area contributed by atoms with Crippen molar-refractivity contribution in [2.45, 2.75) is 4.83 Å². The molecule has 0 saturated carbocycles. The second kappa shape index (κ2) is 4.38. The molecule has 0 fully saturated rings. The number of alkyl halides is 1. The van der Waals surface area contributed by atoms with Gasteiger partial charge in [-0.2, -0.15) is 0 Å². The fourth-order valence-corrected chi connectivity index (χ4v) is 1.96. The maximum absolute atomic E-state index is 4.00. The molecular weight excluding hydrogens is 238 g/mol. The molecule has 0 bridgehead atoms. The van der Waals surface area contributed by atoms with Crippen LogP contribution in [0.1, 0.15) is 16.0 Å². The molecule has 14 heavy (non-hydrogen) atoms. The molecule has 0 radical (unpaired) electrons. The third-order valence-corrected chi connectivity index (χ3v) is 3.15. The summed E-state index contributed by atoms with van der Waals surface area (Å²) < 4.78 is 0. The van der Waals surface area contributed by atoms with Gasteiger partial charge in [0.1, 0.15) is 0 Å². The topological polar surface area (TPSA) is 12.9 Å². The van der Waals surface area contributed by atoms with Gasteiger partial charge in [0.25, 0.3) is 0 Å². The summed E-state index contributed by atoms with van der Waals surface area (Å²) >= 11 is 3.67. The maximum atomic E-state index is 4.00. The Labute approximate surface area is 91.9 Å². The Hall–Kier alpha value is -1.15. The van der Waals surface area contributed by atoms with Crippen LogP contribution < -0.4 is 0 Å². The number of benzene rings is 1. The van der Waals surface area contributed by atoms with Crippen LogP contribution in [0.5, 0.6) is 0 Å². The molecule has 1 aromatic heterocycles. The van der Waals surface area contributed by atoms with E-state index in [1.165, 1.54) is 11.1 Å². The Morgan fingerprint density at radius 3 is 2.07 bits per heavy atom. The first-order valence-electron chi connectivity index (χ1n) is 4.47. The number of pyridine rings is 1. The van der Waals surface area contributed by atoms with Crippen LogP contribution in [0.15, 0.2) is 54.9 Å². The first-order chi connectivity index (χ1) is 6.88. The normalized spacial score (nSPS) is 12.4. The molecule has 1 nitrogen and oxygen atoms in total. The van der Waals surface area contributed by atoms with E-state index in [2.05, 4.69) is 33.0 Å². The number of nitrogens with zero attached hydrogens (tertiary/aromatic N) is 1. The van der Waals surface area contributed by atoms with E-state index in [0.29, 0.717) is 0 Å². The highest BCUT2D eigenvalue weighted by Crippen LogP contribution is 2.29. The molecule has 1 aromatic carbocycles. The number of rotatable bonds is 2. The van der Waals surface area contributed by atoms with Gasteiger partial charge in [-0.25, -0.2) is 0 Å². The SMILES string of the molecule is BrC(c1ccccc1)c1ccncc1. The predicted molar refractivity (Wildman–Crippen MR) is 61.4 cm³/mol. The quantitative estimate of drug-likeness (QED) is 0.740. The minimum Gasteiger partial charge on any atom is -0.265 e. The van der Waals surface area contributed by atoms with Crippen LogP contribution >= 0.6 is 15.9 Å². The van der Waals surface area contributed by atoms with Gasteiger partial charge in [0.15, 0.2) is 0 Å². The summed E-state index contributed by atoms with van der Waals surface area (Å²) in [6.45, 7) is 0. The summed E-state index contributed by atoms with van der Waals surface area (Å²) in [5.41, 5.74) is 2.49. The monoisotopic (exact) mass is 247 g/mol. The lowest BCUT2D eigenvalue weighted by Crippen LogP contribution is -1.91. The van der Waals surface area contributed by atoms with Crippen molar-refractivity contribution in [1.29, 1.82) is 0 Å². The van der Waals surface area contributed by atoms with Crippen molar-refractivity contribution >= 4 is 15.9 Å². The van der Waals surface area contributed by atoms with E-state index >= 15 is 0 Å². The minimum atomic E-state index is 0.256. The molecule has 2 aromatic rings. The van der Waals surface area contributed by atoms with Crippen molar-refractivity contribution in [3.05, 3.63) is 66.0 Å². The van der Waals surface area contributed by atoms with Gasteiger partial charge in [-0.1, -0.05) is 46.3 Å². The van der Waals surface area contributed by atoms with Crippen molar-refractivity contribution < 1.29 is 0 Å². The summed E-state index contributed by atoms with van der Waals surface area (Å²) in [4.78, 5) is 4.26. The fraction of sp³-hybridized carbons (Fsp3) is 0.0833. The third-order valence-electron chi connectivity index (χ3n) is 2.09. The summed E-state index contributed by atoms with van der Waals surface area (Å²) in [6.07, 6.45) is 3.62. The fourth-order valence-electron chi connectivity index (χ4n) is 1.35. The molecule has 2 heteroatoms. The number of hydrogen-bond acceptors (Lipinski definition) is 1. The molecule has 0 aliphatic rings. The number of halogens is 1. The Bertz CT molecular complexity index is 346. The van der Waals surface area contributed by atoms with E-state index in [1.807, 2.05) is 42.7 Å². The van der Waals surface area contributed by atoms with Crippen molar-refractivity contribution in [3.63, 3.8) is 0 Å². The molecule has 1 heterocycles. The molecule has 1 atom stereocenters. The van der Waals surface area contributed by atoms with Crippen LogP contribution in [-0.4, -0.2) is 4.98 Å². The molecule has 2 rings (SSSR count). The number of hydrogen-bond donors (Lipinski definition) is 0. The first-order valence-corrected chi connectivity index (χ1v) is 5.38. The summed E-state index contributed by atoms with van der Waals surface area (Å²) in [6, 6.07) is 14.4. The minimum absolute atomic E-state index is 0.256. The molecule has 0 amide bonds. The van der Waals surface area contributed by atoms with Crippen LogP contribution in [0, 0.1) is 0 Å². The van der Waals surface area contributed by atoms with Crippen molar-refractivity contribution in [3.8, 4) is 0 Å². The smallest absolute Gasteiger partial charge is 0.0645 e. The summed E-state index contributed by atoms with van der Waals surface area (Å²) in [5, 5.41) is 0. The lowest BCUT2D eigenvalue weighted by molar-refractivity contribution is 1.15. The van der Waals surface area contributed by atoms with Crippen LogP contribution in [0.25, 0.3) is 0 Å². The van der Waals surface area contributed by atoms with E-state index in [9.17, 15) is 0 Å². The molecule has 0 N–H and O–H groups in total. The molecule has 0 saturated heterocycles. The lowest BCUT2D eigenvalue weighted by atomic mass is 10.1. The second-order valence-electron chi connectivity index (χ2n) is 3.05. The van der Waals surface area contributed by atoms with E-state index < -0.39 is 0 Å². The highest BCUT2D eigenvalue weighted by atomic mass is 79.9. The van der Waals surface area contributed by atoms with Crippen molar-refractivity contribution in [2.24, 2.45) is 0 Å². The van der Waals surface area contributed by atoms with Gasteiger partial charge < -0.3 is 0 Å². The van der Waals surface area contributed by atoms with E-state index in [1.54, 1.807) is 0 Å². The second-order valence-corrected chi connectivity index (χ2v) is 3.97. The average Bonchev–Trinajstić information content (AvgIpc) is 2.30. The zero-order chi connectivity index (χ0) is 9.80. The zero-order valence-corrected chi connectivity index (χ0v) is 9.18. The van der Waals surface area contributed by atoms with E-state index in [4.69, 9.17) is 0 Å². The van der Waals surface area contributed by atoms with E-state index in [-0.39, 0.29) is 4.83 Å². The first kappa shape index (κ1) is 9.41. The predicted octanol–water partition coefficient (Wildman–Crippen LogP) is 3.57. The largest absolute Gasteiger partial charge is 0.265 e. The molecule has 0 aliphatic carbocycles. The Balaban J connectivity index is 2.30. The molecule has 0 spiro atoms. The van der Waals surface area contributed by atoms with Gasteiger partial charge in [-0.3, -0.25) is 4.98 Å². The van der Waals surface area contributed by atoms with Gasteiger partial charge in [0.2, 0.25) is 0 Å².